The van der Waals surface area contributed by atoms with Gasteiger partial charge in [-0.2, -0.15) is 0 Å². The fourth-order valence-electron chi connectivity index (χ4n) is 0.686. The van der Waals surface area contributed by atoms with E-state index < -0.39 is 11.9 Å². The Hall–Kier alpha value is 0.420. The molecule has 19 heavy (non-hydrogen) atoms. The van der Waals surface area contributed by atoms with Crippen molar-refractivity contribution in [2.45, 2.75) is 0 Å². The molecule has 102 valence electrons. The van der Waals surface area contributed by atoms with Crippen LogP contribution in [0.2, 0.25) is 0 Å². The van der Waals surface area contributed by atoms with Crippen LogP contribution < -0.4 is 40.2 Å². The van der Waals surface area contributed by atoms with Crippen molar-refractivity contribution in [2.24, 2.45) is 0 Å². The number of thioether (sulfide) groups is 2. The molecule has 0 unspecified atom stereocenters. The minimum absolute atomic E-state index is 0. The van der Waals surface area contributed by atoms with Crippen molar-refractivity contribution in [3.05, 3.63) is 0 Å². The normalized spacial score (nSPS) is 9.05. The molecule has 0 heterocycles. The van der Waals surface area contributed by atoms with Gasteiger partial charge in [-0.1, -0.05) is 48.0 Å². The molecule has 0 aliphatic heterocycles. The summed E-state index contributed by atoms with van der Waals surface area (Å²) in [6, 6.07) is 0. The van der Waals surface area contributed by atoms with Gasteiger partial charge in [0, 0.05) is 13.1 Å². The van der Waals surface area contributed by atoms with Crippen LogP contribution in [-0.4, -0.2) is 55.4 Å². The van der Waals surface area contributed by atoms with Crippen LogP contribution >= 0.6 is 48.0 Å². The van der Waals surface area contributed by atoms with Crippen LogP contribution in [0.3, 0.4) is 0 Å². The first-order valence-corrected chi connectivity index (χ1v) is 7.45. The molecule has 0 aromatic rings. The Bertz CT molecular complexity index is 311. The maximum atomic E-state index is 10.3. The van der Waals surface area contributed by atoms with Crippen LogP contribution in [0.4, 0.5) is 0 Å². The summed E-state index contributed by atoms with van der Waals surface area (Å²) in [5.74, 6) is -2.00. The summed E-state index contributed by atoms with van der Waals surface area (Å²) < 4.78 is 0.812. The van der Waals surface area contributed by atoms with Gasteiger partial charge in [0.05, 0.1) is 11.5 Å². The van der Waals surface area contributed by atoms with Crippen LogP contribution in [0.1, 0.15) is 0 Å². The third-order valence-electron chi connectivity index (χ3n) is 1.32. The van der Waals surface area contributed by atoms with Gasteiger partial charge in [0.2, 0.25) is 0 Å². The second kappa shape index (κ2) is 13.4. The fourth-order valence-corrected chi connectivity index (χ4v) is 2.16. The van der Waals surface area contributed by atoms with E-state index in [9.17, 15) is 9.59 Å². The minimum atomic E-state index is -0.923. The first kappa shape index (κ1) is 21.7. The predicted molar refractivity (Wildman–Crippen MR) is 81.4 cm³/mol. The molecule has 0 fully saturated rings. The van der Waals surface area contributed by atoms with E-state index in [-0.39, 0.29) is 41.1 Å². The van der Waals surface area contributed by atoms with Gasteiger partial charge in [0.25, 0.3) is 0 Å². The first-order valence-electron chi connectivity index (χ1n) is 4.66. The number of aliphatic carboxylic acids is 2. The zero-order valence-corrected chi connectivity index (χ0v) is 15.4. The molecular formula is C8H12N2NaO4S4+. The minimum Gasteiger partial charge on any atom is -0.481 e. The van der Waals surface area contributed by atoms with E-state index >= 15 is 0 Å². The Morgan fingerprint density at radius 3 is 1.47 bits per heavy atom. The summed E-state index contributed by atoms with van der Waals surface area (Å²) >= 11 is 11.8. The van der Waals surface area contributed by atoms with E-state index in [1.165, 1.54) is 0 Å². The van der Waals surface area contributed by atoms with Gasteiger partial charge >= 0.3 is 41.5 Å². The molecule has 4 N–H and O–H groups in total. The summed E-state index contributed by atoms with van der Waals surface area (Å²) in [5.41, 5.74) is 0. The van der Waals surface area contributed by atoms with Crippen molar-refractivity contribution in [2.75, 3.05) is 24.6 Å². The topological polar surface area (TPSA) is 98.7 Å². The Balaban J connectivity index is 0. The smallest absolute Gasteiger partial charge is 0.481 e. The average molecular weight is 351 g/mol. The summed E-state index contributed by atoms with van der Waals surface area (Å²) in [6.45, 7) is 0.971. The molecule has 0 aliphatic carbocycles. The number of carboxylic acids is 2. The van der Waals surface area contributed by atoms with Crippen molar-refractivity contribution in [3.63, 3.8) is 0 Å². The molecule has 0 aliphatic rings. The van der Waals surface area contributed by atoms with Crippen molar-refractivity contribution in [3.8, 4) is 0 Å². The van der Waals surface area contributed by atoms with Crippen LogP contribution in [0.5, 0.6) is 0 Å². The number of carbonyl (C=O) groups is 2. The van der Waals surface area contributed by atoms with E-state index in [2.05, 4.69) is 10.6 Å². The molecule has 6 nitrogen and oxygen atoms in total. The van der Waals surface area contributed by atoms with Gasteiger partial charge in [-0.15, -0.1) is 0 Å². The number of hydrogen-bond acceptors (Lipinski definition) is 6. The first-order chi connectivity index (χ1) is 8.41. The average Bonchev–Trinajstić information content (AvgIpc) is 2.29. The van der Waals surface area contributed by atoms with Crippen LogP contribution in [-0.2, 0) is 9.59 Å². The maximum Gasteiger partial charge on any atom is 1.00 e. The molecule has 0 aromatic heterocycles. The predicted octanol–water partition coefficient (Wildman–Crippen LogP) is -2.62. The third kappa shape index (κ3) is 16.4. The zero-order valence-electron chi connectivity index (χ0n) is 10.2. The van der Waals surface area contributed by atoms with E-state index in [0.717, 1.165) is 23.5 Å². The number of nitrogens with one attached hydrogen (secondary N) is 2. The molecule has 0 atom stereocenters. The Morgan fingerprint density at radius 2 is 1.21 bits per heavy atom. The van der Waals surface area contributed by atoms with Gasteiger partial charge in [0.1, 0.15) is 8.64 Å². The van der Waals surface area contributed by atoms with E-state index in [1.54, 1.807) is 0 Å². The third-order valence-corrected chi connectivity index (χ3v) is 3.91. The SMILES string of the molecule is O=C(O)CSC(=S)NCCNC(=S)SCC(=O)O.[Na+]. The molecule has 0 rings (SSSR count). The van der Waals surface area contributed by atoms with Crippen LogP contribution in [0.15, 0.2) is 0 Å². The standard InChI is InChI=1S/C8H12N2O4S4.Na/c11-5(12)3-17-7(15)9-1-2-10-8(16)18-4-6(13)14;/h1-4H2,(H,9,15)(H,10,16)(H,11,12)(H,13,14);/q;+1. The second-order valence-electron chi connectivity index (χ2n) is 2.79. The second-order valence-corrected chi connectivity index (χ2v) is 6.10. The van der Waals surface area contributed by atoms with Gasteiger partial charge < -0.3 is 20.8 Å². The molecule has 0 saturated carbocycles. The fraction of sp³-hybridized carbons (Fsp3) is 0.500. The van der Waals surface area contributed by atoms with Crippen molar-refractivity contribution in [1.29, 1.82) is 0 Å². The molecular weight excluding hydrogens is 339 g/mol. The number of hydrogen-bond donors (Lipinski definition) is 4. The van der Waals surface area contributed by atoms with Crippen LogP contribution in [0, 0.1) is 0 Å². The van der Waals surface area contributed by atoms with Gasteiger partial charge in [-0.25, -0.2) is 0 Å². The largest absolute Gasteiger partial charge is 1.00 e. The van der Waals surface area contributed by atoms with Crippen molar-refractivity contribution < 1.29 is 49.4 Å². The number of rotatable bonds is 7. The van der Waals surface area contributed by atoms with E-state index in [0.29, 0.717) is 21.7 Å². The molecule has 11 heteroatoms. The van der Waals surface area contributed by atoms with Crippen LogP contribution in [0.25, 0.3) is 0 Å². The Morgan fingerprint density at radius 1 is 0.895 bits per heavy atom. The van der Waals surface area contributed by atoms with E-state index in [4.69, 9.17) is 34.6 Å². The molecule has 0 saturated heterocycles. The monoisotopic (exact) mass is 351 g/mol. The molecule has 0 radical (unpaired) electrons. The molecule has 0 spiro atoms. The van der Waals surface area contributed by atoms with Gasteiger partial charge in [-0.3, -0.25) is 9.59 Å². The van der Waals surface area contributed by atoms with Gasteiger partial charge in [-0.05, 0) is 0 Å². The number of thiocarbonyl (C=S) groups is 2. The number of carboxylic acid groups (broad SMARTS) is 2. The zero-order chi connectivity index (χ0) is 14.0. The summed E-state index contributed by atoms with van der Waals surface area (Å²) in [5, 5.41) is 22.5. The molecule has 0 amide bonds. The summed E-state index contributed by atoms with van der Waals surface area (Å²) in [7, 11) is 0. The molecule has 0 bridgehead atoms. The maximum absolute atomic E-state index is 10.3. The van der Waals surface area contributed by atoms with E-state index in [1.807, 2.05) is 0 Å². The Labute approximate surface area is 152 Å². The van der Waals surface area contributed by atoms with Gasteiger partial charge in [0.15, 0.2) is 0 Å². The Kier molecular flexibility index (Phi) is 15.3. The molecule has 0 aromatic carbocycles. The quantitative estimate of drug-likeness (QED) is 0.222. The van der Waals surface area contributed by atoms with Crippen molar-refractivity contribution in [1.82, 2.24) is 10.6 Å². The summed E-state index contributed by atoms with van der Waals surface area (Å²) in [4.78, 5) is 20.5. The van der Waals surface area contributed by atoms with Crippen molar-refractivity contribution >= 4 is 68.5 Å². The summed E-state index contributed by atoms with van der Waals surface area (Å²) in [6.07, 6.45) is 0.